The molecule has 3 aromatic rings. The molecule has 3 N–H and O–H groups in total. The van der Waals surface area contributed by atoms with Gasteiger partial charge in [0.25, 0.3) is 0 Å². The Hall–Kier alpha value is -2.92. The molecule has 0 aromatic carbocycles. The van der Waals surface area contributed by atoms with Gasteiger partial charge < -0.3 is 20.0 Å². The van der Waals surface area contributed by atoms with Gasteiger partial charge in [0.05, 0.1) is 29.8 Å². The van der Waals surface area contributed by atoms with E-state index in [4.69, 9.17) is 10.2 Å². The van der Waals surface area contributed by atoms with Crippen LogP contribution in [0.5, 0.6) is 0 Å². The second-order valence-corrected chi connectivity index (χ2v) is 12.4. The number of nitrogens with zero attached hydrogens (tertiary/aromatic N) is 4. The van der Waals surface area contributed by atoms with Crippen LogP contribution in [0.4, 0.5) is 0 Å². The van der Waals surface area contributed by atoms with E-state index < -0.39 is 5.60 Å². The van der Waals surface area contributed by atoms with Crippen LogP contribution in [-0.2, 0) is 11.2 Å². The number of rotatable bonds is 5. The van der Waals surface area contributed by atoms with Crippen molar-refractivity contribution in [3.8, 4) is 6.07 Å². The third-order valence-corrected chi connectivity index (χ3v) is 9.62. The van der Waals surface area contributed by atoms with E-state index in [1.54, 1.807) is 0 Å². The first-order valence-corrected chi connectivity index (χ1v) is 13.7. The molecular weight excluding hydrogens is 452 g/mol. The van der Waals surface area contributed by atoms with E-state index in [1.807, 2.05) is 18.5 Å². The van der Waals surface area contributed by atoms with Crippen molar-refractivity contribution in [1.29, 1.82) is 5.26 Å². The molecule has 3 aromatic heterocycles. The van der Waals surface area contributed by atoms with Gasteiger partial charge in [-0.25, -0.2) is 9.97 Å². The number of hydrogen-bond donors (Lipinski definition) is 3. The Balaban J connectivity index is 1.20. The lowest BCUT2D eigenvalue weighted by atomic mass is 9.51. The first-order chi connectivity index (χ1) is 17.4. The molecule has 0 saturated heterocycles. The molecule has 3 heterocycles. The molecule has 8 heteroatoms. The van der Waals surface area contributed by atoms with E-state index in [-0.39, 0.29) is 23.9 Å². The number of pyridine rings is 1. The minimum atomic E-state index is -0.599. The minimum Gasteiger partial charge on any atom is -0.390 e. The number of amides is 1. The van der Waals surface area contributed by atoms with Crippen molar-refractivity contribution >= 4 is 28.0 Å². The lowest BCUT2D eigenvalue weighted by molar-refractivity contribution is -0.150. The number of carbonyl (C=O) groups is 1. The SMILES string of the molecule is N#CC[C@H]1CC[C@H](n2c(CC(=O)N[C@]34C[C@@H]5C[C@@H](C[C@](O)(C5)C3)C4)nc3cnc4[nH]ccc4c32)CC1. The van der Waals surface area contributed by atoms with E-state index in [0.717, 1.165) is 79.3 Å². The Morgan fingerprint density at radius 3 is 2.72 bits per heavy atom. The zero-order valence-electron chi connectivity index (χ0n) is 20.7. The van der Waals surface area contributed by atoms with Crippen LogP contribution in [0.25, 0.3) is 22.1 Å². The van der Waals surface area contributed by atoms with Gasteiger partial charge in [0.1, 0.15) is 17.0 Å². The highest BCUT2D eigenvalue weighted by Gasteiger charge is 2.57. The smallest absolute Gasteiger partial charge is 0.228 e. The summed E-state index contributed by atoms with van der Waals surface area (Å²) < 4.78 is 2.31. The molecule has 0 radical (unpaired) electrons. The summed E-state index contributed by atoms with van der Waals surface area (Å²) in [6, 6.07) is 4.64. The number of carbonyl (C=O) groups excluding carboxylic acids is 1. The summed E-state index contributed by atoms with van der Waals surface area (Å²) in [6.07, 6.45) is 14.2. The molecule has 5 fully saturated rings. The quantitative estimate of drug-likeness (QED) is 0.497. The molecule has 36 heavy (non-hydrogen) atoms. The zero-order chi connectivity index (χ0) is 24.5. The highest BCUT2D eigenvalue weighted by molar-refractivity contribution is 6.01. The average Bonchev–Trinajstić information content (AvgIpc) is 3.42. The predicted octanol–water partition coefficient (Wildman–Crippen LogP) is 4.30. The molecule has 0 spiro atoms. The molecule has 5 saturated carbocycles. The van der Waals surface area contributed by atoms with Crippen molar-refractivity contribution in [3.63, 3.8) is 0 Å². The van der Waals surface area contributed by atoms with Gasteiger partial charge in [-0.1, -0.05) is 0 Å². The van der Waals surface area contributed by atoms with Crippen molar-refractivity contribution in [2.24, 2.45) is 17.8 Å². The lowest BCUT2D eigenvalue weighted by Gasteiger charge is -2.60. The van der Waals surface area contributed by atoms with Crippen LogP contribution in [0.2, 0.25) is 0 Å². The molecular formula is C28H34N6O2. The topological polar surface area (TPSA) is 120 Å². The fourth-order valence-corrected chi connectivity index (χ4v) is 8.74. The summed E-state index contributed by atoms with van der Waals surface area (Å²) in [5.74, 6) is 2.32. The number of hydrogen-bond acceptors (Lipinski definition) is 5. The van der Waals surface area contributed by atoms with Crippen molar-refractivity contribution < 1.29 is 9.90 Å². The normalized spacial score (nSPS) is 35.3. The Bertz CT molecular complexity index is 1360. The number of imidazole rings is 1. The fraction of sp³-hybridized carbons (Fsp3) is 0.643. The van der Waals surface area contributed by atoms with Crippen LogP contribution in [0, 0.1) is 29.1 Å². The summed E-state index contributed by atoms with van der Waals surface area (Å²) in [7, 11) is 0. The second kappa shape index (κ2) is 8.04. The molecule has 1 amide bonds. The van der Waals surface area contributed by atoms with Crippen LogP contribution in [-0.4, -0.2) is 41.7 Å². The van der Waals surface area contributed by atoms with Crippen molar-refractivity contribution in [1.82, 2.24) is 24.8 Å². The maximum atomic E-state index is 13.6. The Kier molecular flexibility index (Phi) is 4.98. The summed E-state index contributed by atoms with van der Waals surface area (Å²) in [5, 5.41) is 24.7. The largest absolute Gasteiger partial charge is 0.390 e. The minimum absolute atomic E-state index is 0.00791. The van der Waals surface area contributed by atoms with Crippen LogP contribution in [0.1, 0.15) is 82.5 Å². The highest BCUT2D eigenvalue weighted by atomic mass is 16.3. The second-order valence-electron chi connectivity index (χ2n) is 12.4. The van der Waals surface area contributed by atoms with E-state index in [2.05, 4.69) is 25.9 Å². The Morgan fingerprint density at radius 1 is 1.22 bits per heavy atom. The molecule has 5 aliphatic carbocycles. The number of aromatic nitrogens is 4. The summed E-state index contributed by atoms with van der Waals surface area (Å²) in [6.45, 7) is 0. The summed E-state index contributed by atoms with van der Waals surface area (Å²) in [5.41, 5.74) is 1.85. The van der Waals surface area contributed by atoms with Crippen molar-refractivity contribution in [3.05, 3.63) is 24.3 Å². The third kappa shape index (κ3) is 3.62. The molecule has 188 valence electrons. The molecule has 0 aliphatic heterocycles. The van der Waals surface area contributed by atoms with Crippen LogP contribution < -0.4 is 5.32 Å². The van der Waals surface area contributed by atoms with Crippen LogP contribution >= 0.6 is 0 Å². The van der Waals surface area contributed by atoms with E-state index in [0.29, 0.717) is 30.6 Å². The number of H-pyrrole nitrogens is 1. The number of nitriles is 1. The van der Waals surface area contributed by atoms with Gasteiger partial charge in [-0.3, -0.25) is 4.79 Å². The van der Waals surface area contributed by atoms with Gasteiger partial charge in [-0.05, 0) is 88.0 Å². The number of nitrogens with one attached hydrogen (secondary N) is 2. The van der Waals surface area contributed by atoms with E-state index >= 15 is 0 Å². The third-order valence-electron chi connectivity index (χ3n) is 9.62. The highest BCUT2D eigenvalue weighted by Crippen LogP contribution is 2.57. The number of fused-ring (bicyclic) bond motifs is 3. The Labute approximate surface area is 210 Å². The molecule has 4 bridgehead atoms. The molecule has 8 nitrogen and oxygen atoms in total. The monoisotopic (exact) mass is 486 g/mol. The fourth-order valence-electron chi connectivity index (χ4n) is 8.74. The molecule has 8 rings (SSSR count). The van der Waals surface area contributed by atoms with Crippen molar-refractivity contribution in [2.75, 3.05) is 0 Å². The van der Waals surface area contributed by atoms with Gasteiger partial charge in [0.2, 0.25) is 5.91 Å². The van der Waals surface area contributed by atoms with Gasteiger partial charge in [0.15, 0.2) is 0 Å². The predicted molar refractivity (Wildman–Crippen MR) is 135 cm³/mol. The summed E-state index contributed by atoms with van der Waals surface area (Å²) in [4.78, 5) is 26.3. The zero-order valence-corrected chi connectivity index (χ0v) is 20.7. The van der Waals surface area contributed by atoms with Gasteiger partial charge >= 0.3 is 0 Å². The maximum Gasteiger partial charge on any atom is 0.228 e. The molecule has 5 aliphatic rings. The van der Waals surface area contributed by atoms with Crippen LogP contribution in [0.3, 0.4) is 0 Å². The lowest BCUT2D eigenvalue weighted by Crippen LogP contribution is -2.65. The van der Waals surface area contributed by atoms with Crippen molar-refractivity contribution in [2.45, 2.75) is 94.2 Å². The number of aliphatic hydroxyl groups is 1. The van der Waals surface area contributed by atoms with Gasteiger partial charge in [-0.15, -0.1) is 0 Å². The average molecular weight is 487 g/mol. The molecule has 4 atom stereocenters. The number of aromatic amines is 1. The van der Waals surface area contributed by atoms with E-state index in [1.165, 1.54) is 6.42 Å². The summed E-state index contributed by atoms with van der Waals surface area (Å²) >= 11 is 0. The Morgan fingerprint density at radius 2 is 2.00 bits per heavy atom. The van der Waals surface area contributed by atoms with Gasteiger partial charge in [0, 0.05) is 29.6 Å². The first-order valence-electron chi connectivity index (χ1n) is 13.7. The molecule has 0 unspecified atom stereocenters. The maximum absolute atomic E-state index is 13.6. The van der Waals surface area contributed by atoms with Crippen LogP contribution in [0.15, 0.2) is 18.5 Å². The van der Waals surface area contributed by atoms with E-state index in [9.17, 15) is 9.90 Å². The standard InChI is InChI=1S/C28H34N6O2/c29-7-5-17-1-3-20(4-2-17)34-23(32-22-15-31-26-21(25(22)34)6-8-30-26)10-24(35)33-27-11-18-9-19(12-27)14-28(36,13-18)16-27/h6,8,15,17-20,36H,1-5,9-14,16H2,(H,30,31)(H,33,35)/t17-,18-,19+,20-,27-,28+. The van der Waals surface area contributed by atoms with Gasteiger partial charge in [-0.2, -0.15) is 5.26 Å². The first kappa shape index (κ1) is 22.3.